The molecule has 7 heteroatoms. The van der Waals surface area contributed by atoms with Crippen molar-refractivity contribution in [3.63, 3.8) is 0 Å². The number of aromatic nitrogens is 2. The summed E-state index contributed by atoms with van der Waals surface area (Å²) >= 11 is 0. The van der Waals surface area contributed by atoms with Crippen molar-refractivity contribution in [3.05, 3.63) is 17.0 Å². The molecule has 1 N–H and O–H groups in total. The van der Waals surface area contributed by atoms with Crippen LogP contribution in [0.5, 0.6) is 0 Å². The van der Waals surface area contributed by atoms with E-state index in [0.717, 1.165) is 62.3 Å². The van der Waals surface area contributed by atoms with Crippen molar-refractivity contribution in [3.8, 4) is 0 Å². The molecular formula is C20H34F2N4O. The third kappa shape index (κ3) is 4.69. The molecule has 0 atom stereocenters. The van der Waals surface area contributed by atoms with Crippen molar-refractivity contribution in [2.24, 2.45) is 5.41 Å². The Labute approximate surface area is 161 Å². The number of nitrogens with one attached hydrogen (secondary N) is 1. The second-order valence-electron chi connectivity index (χ2n) is 8.86. The summed E-state index contributed by atoms with van der Waals surface area (Å²) in [6.45, 7) is 5.29. The molecule has 1 saturated carbocycles. The van der Waals surface area contributed by atoms with Crippen molar-refractivity contribution in [2.45, 2.75) is 64.0 Å². The number of rotatable bonds is 8. The Hall–Kier alpha value is -1.05. The quantitative estimate of drug-likeness (QED) is 0.748. The number of methoxy groups -OCH3 is 1. The molecule has 1 aromatic heterocycles. The van der Waals surface area contributed by atoms with Gasteiger partial charge in [0.15, 0.2) is 0 Å². The highest BCUT2D eigenvalue weighted by Crippen LogP contribution is 2.46. The van der Waals surface area contributed by atoms with E-state index in [2.05, 4.69) is 29.3 Å². The van der Waals surface area contributed by atoms with E-state index in [0.29, 0.717) is 12.5 Å². The number of alkyl halides is 2. The molecule has 1 aromatic rings. The van der Waals surface area contributed by atoms with E-state index in [1.807, 2.05) is 7.05 Å². The summed E-state index contributed by atoms with van der Waals surface area (Å²) in [7, 11) is 5.76. The van der Waals surface area contributed by atoms with Gasteiger partial charge < -0.3 is 10.1 Å². The summed E-state index contributed by atoms with van der Waals surface area (Å²) in [5.41, 5.74) is 3.09. The first-order valence-electron chi connectivity index (χ1n) is 10.1. The molecule has 0 aromatic carbocycles. The first-order valence-corrected chi connectivity index (χ1v) is 10.1. The third-order valence-corrected chi connectivity index (χ3v) is 6.24. The molecule has 5 nitrogen and oxygen atoms in total. The minimum atomic E-state index is -2.66. The maximum absolute atomic E-state index is 14.0. The Balaban J connectivity index is 1.80. The number of fused-ring (bicyclic) bond motifs is 1. The van der Waals surface area contributed by atoms with Crippen molar-refractivity contribution >= 4 is 0 Å². The zero-order chi connectivity index (χ0) is 19.7. The van der Waals surface area contributed by atoms with Crippen LogP contribution in [0.2, 0.25) is 0 Å². The number of halogens is 2. The smallest absolute Gasteiger partial charge is 0.272 e. The fourth-order valence-electron chi connectivity index (χ4n) is 4.72. The van der Waals surface area contributed by atoms with Crippen LogP contribution in [-0.2, 0) is 24.2 Å². The van der Waals surface area contributed by atoms with Gasteiger partial charge in [0.05, 0.1) is 18.7 Å². The molecule has 1 aliphatic heterocycles. The molecule has 154 valence electrons. The Morgan fingerprint density at radius 2 is 2.04 bits per heavy atom. The van der Waals surface area contributed by atoms with Crippen LogP contribution < -0.4 is 5.32 Å². The topological polar surface area (TPSA) is 42.3 Å². The van der Waals surface area contributed by atoms with Crippen LogP contribution in [0, 0.1) is 5.41 Å². The van der Waals surface area contributed by atoms with Crippen molar-refractivity contribution in [1.82, 2.24) is 20.0 Å². The van der Waals surface area contributed by atoms with Crippen LogP contribution >= 0.6 is 0 Å². The summed E-state index contributed by atoms with van der Waals surface area (Å²) in [6, 6.07) is 0. The molecule has 0 saturated heterocycles. The highest BCUT2D eigenvalue weighted by atomic mass is 19.3. The summed E-state index contributed by atoms with van der Waals surface area (Å²) < 4.78 is 35.0. The molecule has 1 fully saturated rings. The van der Waals surface area contributed by atoms with E-state index in [4.69, 9.17) is 4.74 Å². The first kappa shape index (κ1) is 20.7. The highest BCUT2D eigenvalue weighted by molar-refractivity contribution is 5.34. The minimum absolute atomic E-state index is 0.165. The van der Waals surface area contributed by atoms with Crippen LogP contribution in [-0.4, -0.2) is 61.5 Å². The lowest BCUT2D eigenvalue weighted by Gasteiger charge is -2.37. The largest absolute Gasteiger partial charge is 0.384 e. The van der Waals surface area contributed by atoms with Crippen molar-refractivity contribution in [2.75, 3.05) is 40.9 Å². The monoisotopic (exact) mass is 384 g/mol. The van der Waals surface area contributed by atoms with E-state index in [-0.39, 0.29) is 18.4 Å². The van der Waals surface area contributed by atoms with Gasteiger partial charge >= 0.3 is 0 Å². The lowest BCUT2D eigenvalue weighted by atomic mass is 9.70. The van der Waals surface area contributed by atoms with Crippen LogP contribution in [0.25, 0.3) is 0 Å². The standard InChI is InChI=1S/C20H34F2N4O/c1-19(14-27-4)7-5-15(6-8-19)18-16(12-25(3)10-9-23-2)24-26-13-20(21,22)11-17(18)26/h15,23H,5-14H2,1-4H3/t15-,19+. The van der Waals surface area contributed by atoms with Gasteiger partial charge in [-0.1, -0.05) is 6.92 Å². The van der Waals surface area contributed by atoms with Crippen LogP contribution in [0.15, 0.2) is 0 Å². The maximum Gasteiger partial charge on any atom is 0.272 e. The Morgan fingerprint density at radius 1 is 1.33 bits per heavy atom. The molecule has 0 bridgehead atoms. The van der Waals surface area contributed by atoms with Gasteiger partial charge in [-0.25, -0.2) is 8.78 Å². The van der Waals surface area contributed by atoms with Crippen LogP contribution in [0.3, 0.4) is 0 Å². The molecule has 2 aliphatic rings. The minimum Gasteiger partial charge on any atom is -0.384 e. The number of hydrogen-bond acceptors (Lipinski definition) is 4. The maximum atomic E-state index is 14.0. The van der Waals surface area contributed by atoms with Crippen molar-refractivity contribution in [1.29, 1.82) is 0 Å². The average molecular weight is 385 g/mol. The second-order valence-corrected chi connectivity index (χ2v) is 8.86. The van der Waals surface area contributed by atoms with E-state index in [1.54, 1.807) is 11.8 Å². The molecule has 1 aliphatic carbocycles. The number of nitrogens with zero attached hydrogens (tertiary/aromatic N) is 3. The van der Waals surface area contributed by atoms with Gasteiger partial charge in [0.1, 0.15) is 6.54 Å². The van der Waals surface area contributed by atoms with Gasteiger partial charge in [0, 0.05) is 38.0 Å². The van der Waals surface area contributed by atoms with E-state index < -0.39 is 5.92 Å². The molecule has 0 amide bonds. The van der Waals surface area contributed by atoms with E-state index >= 15 is 0 Å². The van der Waals surface area contributed by atoms with E-state index in [9.17, 15) is 8.78 Å². The lowest BCUT2D eigenvalue weighted by Crippen LogP contribution is -2.30. The zero-order valence-electron chi connectivity index (χ0n) is 17.2. The summed E-state index contributed by atoms with van der Waals surface area (Å²) in [5, 5.41) is 7.79. The fraction of sp³-hybridized carbons (Fsp3) is 0.850. The molecule has 0 unspecified atom stereocenters. The van der Waals surface area contributed by atoms with Gasteiger partial charge in [-0.3, -0.25) is 9.58 Å². The normalized spacial score (nSPS) is 27.3. The summed E-state index contributed by atoms with van der Waals surface area (Å²) in [5.74, 6) is -2.33. The predicted molar refractivity (Wildman–Crippen MR) is 102 cm³/mol. The van der Waals surface area contributed by atoms with Crippen LogP contribution in [0.4, 0.5) is 8.78 Å². The Morgan fingerprint density at radius 3 is 2.67 bits per heavy atom. The summed E-state index contributed by atoms with van der Waals surface area (Å²) in [4.78, 5) is 2.22. The fourth-order valence-corrected chi connectivity index (χ4v) is 4.72. The van der Waals surface area contributed by atoms with Gasteiger partial charge in [0.2, 0.25) is 0 Å². The molecule has 0 spiro atoms. The van der Waals surface area contributed by atoms with Crippen molar-refractivity contribution < 1.29 is 13.5 Å². The molecule has 3 rings (SSSR count). The first-order chi connectivity index (χ1) is 12.8. The molecule has 27 heavy (non-hydrogen) atoms. The second kappa shape index (κ2) is 8.13. The molecular weight excluding hydrogens is 350 g/mol. The third-order valence-electron chi connectivity index (χ3n) is 6.24. The van der Waals surface area contributed by atoms with Crippen LogP contribution in [0.1, 0.15) is 55.5 Å². The highest BCUT2D eigenvalue weighted by Gasteiger charge is 2.43. The number of ether oxygens (including phenoxy) is 1. The zero-order valence-corrected chi connectivity index (χ0v) is 17.2. The van der Waals surface area contributed by atoms with E-state index in [1.165, 1.54) is 0 Å². The van der Waals surface area contributed by atoms with Gasteiger partial charge in [-0.2, -0.15) is 5.10 Å². The summed E-state index contributed by atoms with van der Waals surface area (Å²) in [6.07, 6.45) is 4.03. The predicted octanol–water partition coefficient (Wildman–Crippen LogP) is 3.04. The Kier molecular flexibility index (Phi) is 6.23. The molecule has 2 heterocycles. The number of hydrogen-bond donors (Lipinski definition) is 1. The van der Waals surface area contributed by atoms with Gasteiger partial charge in [-0.05, 0) is 51.1 Å². The van der Waals surface area contributed by atoms with Gasteiger partial charge in [0.25, 0.3) is 5.92 Å². The number of likely N-dealkylation sites (N-methyl/N-ethyl adjacent to an activating group) is 2. The average Bonchev–Trinajstić information content (AvgIpc) is 3.05. The molecule has 0 radical (unpaired) electrons. The Bertz CT molecular complexity index is 638. The SMILES string of the molecule is CNCCN(C)Cc1nn2c(c1[C@H]1CC[C@@](C)(COC)CC1)CC(F)(F)C2. The lowest BCUT2D eigenvalue weighted by molar-refractivity contribution is 0.000608. The van der Waals surface area contributed by atoms with Gasteiger partial charge in [-0.15, -0.1) is 0 Å².